The van der Waals surface area contributed by atoms with Crippen LogP contribution in [0.15, 0.2) is 18.3 Å². The third-order valence-electron chi connectivity index (χ3n) is 4.21. The first kappa shape index (κ1) is 20.0. The molecule has 1 aromatic rings. The SMILES string of the molecule is CCNC(=O)NC(=O)C(C)N1CCN(c2ccc(C(F)(F)F)cn2)CC1. The summed E-state index contributed by atoms with van der Waals surface area (Å²) in [4.78, 5) is 31.1. The number of pyridine rings is 1. The van der Waals surface area contributed by atoms with Crippen LogP contribution in [0, 0.1) is 0 Å². The quantitative estimate of drug-likeness (QED) is 0.836. The van der Waals surface area contributed by atoms with Crippen molar-refractivity contribution < 1.29 is 22.8 Å². The topological polar surface area (TPSA) is 77.6 Å². The van der Waals surface area contributed by atoms with Crippen LogP contribution < -0.4 is 15.5 Å². The minimum atomic E-state index is -4.41. The van der Waals surface area contributed by atoms with Gasteiger partial charge in [0.1, 0.15) is 5.82 Å². The van der Waals surface area contributed by atoms with Gasteiger partial charge in [-0.2, -0.15) is 13.2 Å². The van der Waals surface area contributed by atoms with E-state index in [0.29, 0.717) is 38.5 Å². The maximum atomic E-state index is 12.6. The van der Waals surface area contributed by atoms with E-state index in [1.54, 1.807) is 13.8 Å². The fourth-order valence-corrected chi connectivity index (χ4v) is 2.67. The van der Waals surface area contributed by atoms with Gasteiger partial charge in [0, 0.05) is 38.9 Å². The van der Waals surface area contributed by atoms with Crippen LogP contribution in [-0.2, 0) is 11.0 Å². The Balaban J connectivity index is 1.88. The highest BCUT2D eigenvalue weighted by atomic mass is 19.4. The van der Waals surface area contributed by atoms with Crippen molar-refractivity contribution in [1.82, 2.24) is 20.5 Å². The van der Waals surface area contributed by atoms with Gasteiger partial charge in [-0.1, -0.05) is 0 Å². The zero-order valence-electron chi connectivity index (χ0n) is 14.6. The summed E-state index contributed by atoms with van der Waals surface area (Å²) < 4.78 is 37.8. The molecule has 1 aliphatic heterocycles. The van der Waals surface area contributed by atoms with Crippen LogP contribution in [0.25, 0.3) is 0 Å². The van der Waals surface area contributed by atoms with Gasteiger partial charge in [-0.05, 0) is 26.0 Å². The average Bonchev–Trinajstić information content (AvgIpc) is 2.60. The number of rotatable bonds is 4. The van der Waals surface area contributed by atoms with Crippen molar-refractivity contribution in [3.05, 3.63) is 23.9 Å². The number of anilines is 1. The lowest BCUT2D eigenvalue weighted by Crippen LogP contribution is -2.55. The van der Waals surface area contributed by atoms with Crippen LogP contribution >= 0.6 is 0 Å². The second-order valence-electron chi connectivity index (χ2n) is 5.95. The molecular formula is C16H22F3N5O2. The van der Waals surface area contributed by atoms with E-state index in [1.165, 1.54) is 6.07 Å². The molecule has 0 saturated carbocycles. The highest BCUT2D eigenvalue weighted by Crippen LogP contribution is 2.29. The first-order chi connectivity index (χ1) is 12.2. The van der Waals surface area contributed by atoms with Crippen molar-refractivity contribution >= 4 is 17.8 Å². The molecule has 10 heteroatoms. The summed E-state index contributed by atoms with van der Waals surface area (Å²) in [5, 5.41) is 4.77. The highest BCUT2D eigenvalue weighted by molar-refractivity contribution is 5.96. The summed E-state index contributed by atoms with van der Waals surface area (Å²) >= 11 is 0. The van der Waals surface area contributed by atoms with Crippen LogP contribution in [0.5, 0.6) is 0 Å². The van der Waals surface area contributed by atoms with Gasteiger partial charge < -0.3 is 10.2 Å². The number of nitrogens with one attached hydrogen (secondary N) is 2. The minimum absolute atomic E-state index is 0.392. The van der Waals surface area contributed by atoms with Crippen LogP contribution in [0.3, 0.4) is 0 Å². The predicted octanol–water partition coefficient (Wildman–Crippen LogP) is 1.46. The summed E-state index contributed by atoms with van der Waals surface area (Å²) in [5.74, 6) is 0.0779. The van der Waals surface area contributed by atoms with Gasteiger partial charge in [0.05, 0.1) is 11.6 Å². The smallest absolute Gasteiger partial charge is 0.354 e. The second kappa shape index (κ2) is 8.35. The Morgan fingerprint density at radius 2 is 1.88 bits per heavy atom. The molecule has 1 aliphatic rings. The van der Waals surface area contributed by atoms with E-state index in [9.17, 15) is 22.8 Å². The van der Waals surface area contributed by atoms with Crippen molar-refractivity contribution in [2.75, 3.05) is 37.6 Å². The molecular weight excluding hydrogens is 351 g/mol. The second-order valence-corrected chi connectivity index (χ2v) is 5.95. The Hall–Kier alpha value is -2.36. The number of imide groups is 1. The number of alkyl halides is 3. The summed E-state index contributed by atoms with van der Waals surface area (Å²) in [5.41, 5.74) is -0.782. The Morgan fingerprint density at radius 3 is 2.38 bits per heavy atom. The average molecular weight is 373 g/mol. The lowest BCUT2D eigenvalue weighted by Gasteiger charge is -2.37. The molecule has 1 unspecified atom stereocenters. The zero-order valence-corrected chi connectivity index (χ0v) is 14.6. The lowest BCUT2D eigenvalue weighted by molar-refractivity contribution is -0.137. The third-order valence-corrected chi connectivity index (χ3v) is 4.21. The van der Waals surface area contributed by atoms with E-state index < -0.39 is 29.7 Å². The Labute approximate surface area is 149 Å². The molecule has 26 heavy (non-hydrogen) atoms. The summed E-state index contributed by atoms with van der Waals surface area (Å²) in [6.45, 7) is 6.00. The molecule has 0 aliphatic carbocycles. The molecule has 144 valence electrons. The van der Waals surface area contributed by atoms with Crippen LogP contribution in [0.1, 0.15) is 19.4 Å². The normalized spacial score (nSPS) is 16.9. The molecule has 0 bridgehead atoms. The van der Waals surface area contributed by atoms with Gasteiger partial charge in [0.25, 0.3) is 0 Å². The maximum absolute atomic E-state index is 12.6. The van der Waals surface area contributed by atoms with E-state index in [2.05, 4.69) is 15.6 Å². The number of nitrogens with zero attached hydrogens (tertiary/aromatic N) is 3. The number of piperazine rings is 1. The van der Waals surface area contributed by atoms with E-state index in [0.717, 1.165) is 12.3 Å². The molecule has 7 nitrogen and oxygen atoms in total. The molecule has 1 aromatic heterocycles. The van der Waals surface area contributed by atoms with Crippen LogP contribution in [0.4, 0.5) is 23.8 Å². The van der Waals surface area contributed by atoms with Gasteiger partial charge in [-0.15, -0.1) is 0 Å². The molecule has 2 rings (SSSR count). The van der Waals surface area contributed by atoms with Crippen molar-refractivity contribution in [2.24, 2.45) is 0 Å². The largest absolute Gasteiger partial charge is 0.417 e. The number of hydrogen-bond donors (Lipinski definition) is 2. The number of halogens is 3. The minimum Gasteiger partial charge on any atom is -0.354 e. The Kier molecular flexibility index (Phi) is 6.41. The van der Waals surface area contributed by atoms with E-state index in [1.807, 2.05) is 9.80 Å². The summed E-state index contributed by atoms with van der Waals surface area (Å²) in [7, 11) is 0. The summed E-state index contributed by atoms with van der Waals surface area (Å²) in [6, 6.07) is 1.35. The van der Waals surface area contributed by atoms with E-state index in [-0.39, 0.29) is 0 Å². The molecule has 0 radical (unpaired) electrons. The van der Waals surface area contributed by atoms with Gasteiger partial charge in [0.2, 0.25) is 5.91 Å². The fraction of sp³-hybridized carbons (Fsp3) is 0.562. The number of aromatic nitrogens is 1. The molecule has 1 atom stereocenters. The number of urea groups is 1. The van der Waals surface area contributed by atoms with E-state index >= 15 is 0 Å². The predicted molar refractivity (Wildman–Crippen MR) is 89.7 cm³/mol. The number of carbonyl (C=O) groups is 2. The molecule has 0 spiro atoms. The maximum Gasteiger partial charge on any atom is 0.417 e. The first-order valence-electron chi connectivity index (χ1n) is 8.33. The Bertz CT molecular complexity index is 628. The zero-order chi connectivity index (χ0) is 19.3. The standard InChI is InChI=1S/C16H22F3N5O2/c1-3-20-15(26)22-14(25)11(2)23-6-8-24(9-7-23)13-5-4-12(10-21-13)16(17,18)19/h4-5,10-11H,3,6-9H2,1-2H3,(H2,20,22,25,26). The van der Waals surface area contributed by atoms with Gasteiger partial charge in [-0.3, -0.25) is 15.0 Å². The van der Waals surface area contributed by atoms with Gasteiger partial charge in [-0.25, -0.2) is 9.78 Å². The molecule has 2 N–H and O–H groups in total. The third kappa shape index (κ3) is 5.07. The fourth-order valence-electron chi connectivity index (χ4n) is 2.67. The monoisotopic (exact) mass is 373 g/mol. The van der Waals surface area contributed by atoms with Crippen LogP contribution in [-0.4, -0.2) is 60.6 Å². The van der Waals surface area contributed by atoms with E-state index in [4.69, 9.17) is 0 Å². The lowest BCUT2D eigenvalue weighted by atomic mass is 10.2. The van der Waals surface area contributed by atoms with Crippen molar-refractivity contribution in [2.45, 2.75) is 26.1 Å². The van der Waals surface area contributed by atoms with Crippen LogP contribution in [0.2, 0.25) is 0 Å². The molecule has 3 amide bonds. The Morgan fingerprint density at radius 1 is 1.23 bits per heavy atom. The number of amides is 3. The highest BCUT2D eigenvalue weighted by Gasteiger charge is 2.31. The molecule has 0 aromatic carbocycles. The summed E-state index contributed by atoms with van der Waals surface area (Å²) in [6.07, 6.45) is -3.58. The van der Waals surface area contributed by atoms with Crippen molar-refractivity contribution in [3.63, 3.8) is 0 Å². The van der Waals surface area contributed by atoms with Gasteiger partial charge >= 0.3 is 12.2 Å². The molecule has 1 saturated heterocycles. The first-order valence-corrected chi connectivity index (χ1v) is 8.33. The number of carbonyl (C=O) groups excluding carboxylic acids is 2. The number of hydrogen-bond acceptors (Lipinski definition) is 5. The molecule has 1 fully saturated rings. The van der Waals surface area contributed by atoms with Crippen molar-refractivity contribution in [3.8, 4) is 0 Å². The molecule has 2 heterocycles. The van der Waals surface area contributed by atoms with Crippen molar-refractivity contribution in [1.29, 1.82) is 0 Å². The van der Waals surface area contributed by atoms with Gasteiger partial charge in [0.15, 0.2) is 0 Å².